The molecule has 1 aromatic carbocycles. The third-order valence-electron chi connectivity index (χ3n) is 1.84. The Bertz CT molecular complexity index is 519. The Labute approximate surface area is 96.2 Å². The molecular formula is C10H6ClN3O2. The van der Waals surface area contributed by atoms with Crippen molar-refractivity contribution in [3.63, 3.8) is 0 Å². The monoisotopic (exact) mass is 235 g/mol. The van der Waals surface area contributed by atoms with E-state index in [0.29, 0.717) is 22.2 Å². The van der Waals surface area contributed by atoms with Gasteiger partial charge in [-0.15, -0.1) is 0 Å². The van der Waals surface area contributed by atoms with Gasteiger partial charge in [-0.1, -0.05) is 16.8 Å². The predicted octanol–water partition coefficient (Wildman–Crippen LogP) is 2.17. The topological polar surface area (TPSA) is 71.9 Å². The summed E-state index contributed by atoms with van der Waals surface area (Å²) in [4.78, 5) is 3.80. The van der Waals surface area contributed by atoms with Gasteiger partial charge in [-0.2, -0.15) is 10.2 Å². The van der Waals surface area contributed by atoms with Crippen LogP contribution in [0.2, 0.25) is 5.02 Å². The Morgan fingerprint density at radius 3 is 3.00 bits per heavy atom. The van der Waals surface area contributed by atoms with Gasteiger partial charge in [-0.25, -0.2) is 0 Å². The van der Waals surface area contributed by atoms with E-state index in [1.165, 1.54) is 6.39 Å². The van der Waals surface area contributed by atoms with E-state index >= 15 is 0 Å². The van der Waals surface area contributed by atoms with Crippen LogP contribution in [0.5, 0.6) is 5.75 Å². The lowest BCUT2D eigenvalue weighted by atomic mass is 10.2. The molecule has 0 aliphatic heterocycles. The van der Waals surface area contributed by atoms with E-state index in [1.807, 2.05) is 6.07 Å². The summed E-state index contributed by atoms with van der Waals surface area (Å²) < 4.78 is 9.90. The molecule has 0 radical (unpaired) electrons. The van der Waals surface area contributed by atoms with Crippen molar-refractivity contribution in [3.05, 3.63) is 41.0 Å². The molecular weight excluding hydrogens is 230 g/mol. The van der Waals surface area contributed by atoms with Crippen molar-refractivity contribution >= 4 is 11.6 Å². The van der Waals surface area contributed by atoms with Crippen LogP contribution < -0.4 is 4.74 Å². The van der Waals surface area contributed by atoms with Crippen LogP contribution in [0.4, 0.5) is 0 Å². The van der Waals surface area contributed by atoms with Gasteiger partial charge in [0.2, 0.25) is 12.2 Å². The molecule has 0 spiro atoms. The van der Waals surface area contributed by atoms with Gasteiger partial charge in [-0.05, 0) is 12.1 Å². The molecule has 2 aromatic rings. The second-order valence-electron chi connectivity index (χ2n) is 2.89. The smallest absolute Gasteiger partial charge is 0.213 e. The summed E-state index contributed by atoms with van der Waals surface area (Å²) in [6.45, 7) is 0.193. The number of ether oxygens (including phenoxy) is 1. The molecule has 6 heteroatoms. The summed E-state index contributed by atoms with van der Waals surface area (Å²) in [6, 6.07) is 6.78. The quantitative estimate of drug-likeness (QED) is 0.815. The molecule has 0 saturated heterocycles. The van der Waals surface area contributed by atoms with Crippen LogP contribution in [-0.2, 0) is 6.61 Å². The zero-order valence-corrected chi connectivity index (χ0v) is 8.81. The average molecular weight is 236 g/mol. The van der Waals surface area contributed by atoms with Gasteiger partial charge in [-0.3, -0.25) is 0 Å². The van der Waals surface area contributed by atoms with Crippen LogP contribution >= 0.6 is 11.6 Å². The van der Waals surface area contributed by atoms with Crippen molar-refractivity contribution in [2.45, 2.75) is 6.61 Å². The summed E-state index contributed by atoms with van der Waals surface area (Å²) in [7, 11) is 0. The summed E-state index contributed by atoms with van der Waals surface area (Å²) in [5.74, 6) is 0.995. The van der Waals surface area contributed by atoms with Crippen molar-refractivity contribution in [2.75, 3.05) is 0 Å². The standard InChI is InChI=1S/C10H6ClN3O2/c11-9-3-8(2-1-7(9)4-12)15-5-10-13-6-16-14-10/h1-3,6H,5H2. The van der Waals surface area contributed by atoms with Crippen molar-refractivity contribution in [3.8, 4) is 11.8 Å². The van der Waals surface area contributed by atoms with E-state index in [1.54, 1.807) is 18.2 Å². The highest BCUT2D eigenvalue weighted by molar-refractivity contribution is 6.31. The fourth-order valence-corrected chi connectivity index (χ4v) is 1.29. The Kier molecular flexibility index (Phi) is 3.03. The third-order valence-corrected chi connectivity index (χ3v) is 2.15. The third kappa shape index (κ3) is 2.30. The first-order chi connectivity index (χ1) is 7.79. The van der Waals surface area contributed by atoms with E-state index in [2.05, 4.69) is 14.7 Å². The molecule has 0 amide bonds. The van der Waals surface area contributed by atoms with E-state index in [9.17, 15) is 0 Å². The Balaban J connectivity index is 2.06. The maximum absolute atomic E-state index is 8.68. The Morgan fingerprint density at radius 2 is 2.38 bits per heavy atom. The minimum atomic E-state index is 0.193. The predicted molar refractivity (Wildman–Crippen MR) is 54.8 cm³/mol. The molecule has 2 rings (SSSR count). The molecule has 0 fully saturated rings. The Morgan fingerprint density at radius 1 is 1.50 bits per heavy atom. The van der Waals surface area contributed by atoms with Gasteiger partial charge in [0.15, 0.2) is 6.61 Å². The van der Waals surface area contributed by atoms with Gasteiger partial charge in [0.1, 0.15) is 11.8 Å². The maximum Gasteiger partial charge on any atom is 0.213 e. The number of nitriles is 1. The second-order valence-corrected chi connectivity index (χ2v) is 3.30. The number of rotatable bonds is 3. The second kappa shape index (κ2) is 4.64. The number of benzene rings is 1. The average Bonchev–Trinajstić information content (AvgIpc) is 2.79. The van der Waals surface area contributed by atoms with Crippen LogP contribution in [0.1, 0.15) is 11.4 Å². The first-order valence-electron chi connectivity index (χ1n) is 4.37. The molecule has 0 saturated carbocycles. The minimum Gasteiger partial charge on any atom is -0.485 e. The first kappa shape index (κ1) is 10.5. The number of nitrogens with zero attached hydrogens (tertiary/aromatic N) is 3. The lowest BCUT2D eigenvalue weighted by Crippen LogP contribution is -1.97. The van der Waals surface area contributed by atoms with Crippen molar-refractivity contribution in [1.82, 2.24) is 10.1 Å². The molecule has 5 nitrogen and oxygen atoms in total. The lowest BCUT2D eigenvalue weighted by Gasteiger charge is -2.03. The number of hydrogen-bond acceptors (Lipinski definition) is 5. The van der Waals surface area contributed by atoms with Gasteiger partial charge >= 0.3 is 0 Å². The molecule has 0 unspecified atom stereocenters. The summed E-state index contributed by atoms with van der Waals surface area (Å²) >= 11 is 5.84. The fourth-order valence-electron chi connectivity index (χ4n) is 1.08. The highest BCUT2D eigenvalue weighted by Gasteiger charge is 2.03. The zero-order chi connectivity index (χ0) is 11.4. The van der Waals surface area contributed by atoms with Crippen molar-refractivity contribution < 1.29 is 9.26 Å². The number of aromatic nitrogens is 2. The molecule has 1 aromatic heterocycles. The highest BCUT2D eigenvalue weighted by atomic mass is 35.5. The van der Waals surface area contributed by atoms with Gasteiger partial charge in [0, 0.05) is 6.07 Å². The van der Waals surface area contributed by atoms with E-state index < -0.39 is 0 Å². The van der Waals surface area contributed by atoms with E-state index in [4.69, 9.17) is 21.6 Å². The fraction of sp³-hybridized carbons (Fsp3) is 0.100. The van der Waals surface area contributed by atoms with Crippen molar-refractivity contribution in [2.24, 2.45) is 0 Å². The molecule has 0 aliphatic carbocycles. The summed E-state index contributed by atoms with van der Waals surface area (Å²) in [6.07, 6.45) is 1.23. The van der Waals surface area contributed by atoms with Crippen LogP contribution in [0, 0.1) is 11.3 Å². The summed E-state index contributed by atoms with van der Waals surface area (Å²) in [5, 5.41) is 12.6. The van der Waals surface area contributed by atoms with Crippen LogP contribution in [0.15, 0.2) is 29.1 Å². The van der Waals surface area contributed by atoms with E-state index in [-0.39, 0.29) is 6.61 Å². The molecule has 16 heavy (non-hydrogen) atoms. The molecule has 80 valence electrons. The van der Waals surface area contributed by atoms with Gasteiger partial charge in [0.05, 0.1) is 10.6 Å². The minimum absolute atomic E-state index is 0.193. The normalized spacial score (nSPS) is 9.75. The van der Waals surface area contributed by atoms with Gasteiger partial charge in [0.25, 0.3) is 0 Å². The molecule has 1 heterocycles. The molecule has 0 aliphatic rings. The molecule has 0 N–H and O–H groups in total. The Hall–Kier alpha value is -2.06. The SMILES string of the molecule is N#Cc1ccc(OCc2ncon2)cc1Cl. The lowest BCUT2D eigenvalue weighted by molar-refractivity contribution is 0.286. The highest BCUT2D eigenvalue weighted by Crippen LogP contribution is 2.22. The molecule has 0 bridgehead atoms. The first-order valence-corrected chi connectivity index (χ1v) is 4.75. The van der Waals surface area contributed by atoms with Gasteiger partial charge < -0.3 is 9.26 Å². The number of halogens is 1. The number of hydrogen-bond donors (Lipinski definition) is 0. The van der Waals surface area contributed by atoms with Crippen LogP contribution in [0.3, 0.4) is 0 Å². The van der Waals surface area contributed by atoms with Crippen LogP contribution in [-0.4, -0.2) is 10.1 Å². The van der Waals surface area contributed by atoms with E-state index in [0.717, 1.165) is 0 Å². The van der Waals surface area contributed by atoms with Crippen LogP contribution in [0.25, 0.3) is 0 Å². The zero-order valence-electron chi connectivity index (χ0n) is 8.05. The largest absolute Gasteiger partial charge is 0.485 e. The maximum atomic E-state index is 8.68. The summed E-state index contributed by atoms with van der Waals surface area (Å²) in [5.41, 5.74) is 0.411. The van der Waals surface area contributed by atoms with Crippen molar-refractivity contribution in [1.29, 1.82) is 5.26 Å². The molecule has 0 atom stereocenters.